The number of nitrogens with two attached hydrogens (primary N) is 1. The second kappa shape index (κ2) is 5.66. The molecule has 0 fully saturated rings. The molecule has 0 atom stereocenters. The molecule has 0 aromatic carbocycles. The summed E-state index contributed by atoms with van der Waals surface area (Å²) in [6.45, 7) is 0.298. The van der Waals surface area contributed by atoms with Gasteiger partial charge in [0.05, 0.1) is 5.69 Å². The number of hydrogen-bond donors (Lipinski definition) is 2. The Balaban J connectivity index is 2.31. The van der Waals surface area contributed by atoms with Crippen molar-refractivity contribution in [3.05, 3.63) is 40.7 Å². The van der Waals surface area contributed by atoms with Crippen molar-refractivity contribution in [2.45, 2.75) is 11.6 Å². The van der Waals surface area contributed by atoms with Gasteiger partial charge in [0.2, 0.25) is 0 Å². The summed E-state index contributed by atoms with van der Waals surface area (Å²) in [4.78, 5) is 3.90. The highest BCUT2D eigenvalue weighted by Gasteiger charge is 2.25. The van der Waals surface area contributed by atoms with Crippen molar-refractivity contribution in [1.29, 1.82) is 0 Å². The number of aromatic nitrogens is 1. The predicted molar refractivity (Wildman–Crippen MR) is 75.0 cm³/mol. The maximum atomic E-state index is 12.4. The molecule has 2 rings (SSSR count). The van der Waals surface area contributed by atoms with Crippen LogP contribution in [-0.2, 0) is 16.6 Å². The lowest BCUT2D eigenvalue weighted by Gasteiger charge is -2.17. The number of nitrogens with zero attached hydrogens (tertiary/aromatic N) is 2. The van der Waals surface area contributed by atoms with Crippen molar-refractivity contribution in [3.8, 4) is 0 Å². The Kier molecular flexibility index (Phi) is 4.15. The first-order chi connectivity index (χ1) is 9.05. The normalized spacial score (nSPS) is 11.7. The van der Waals surface area contributed by atoms with Crippen molar-refractivity contribution in [3.63, 3.8) is 0 Å². The largest absolute Gasteiger partial charge is 0.321 e. The van der Waals surface area contributed by atoms with Crippen LogP contribution in [0.15, 0.2) is 40.2 Å². The van der Waals surface area contributed by atoms with Gasteiger partial charge in [0.1, 0.15) is 0 Å². The second-order valence-corrected chi connectivity index (χ2v) is 6.63. The van der Waals surface area contributed by atoms with E-state index in [0.717, 1.165) is 5.56 Å². The molecule has 0 saturated heterocycles. The molecule has 3 N–H and O–H groups in total. The highest BCUT2D eigenvalue weighted by Crippen LogP contribution is 2.22. The molecule has 102 valence electrons. The fourth-order valence-corrected chi connectivity index (χ4v) is 3.45. The Bertz CT molecular complexity index is 640. The van der Waals surface area contributed by atoms with Crippen LogP contribution in [0.1, 0.15) is 5.56 Å². The van der Waals surface area contributed by atoms with Gasteiger partial charge in [-0.1, -0.05) is 0 Å². The molecule has 0 aliphatic rings. The van der Waals surface area contributed by atoms with Crippen molar-refractivity contribution >= 4 is 27.0 Å². The van der Waals surface area contributed by atoms with Crippen molar-refractivity contribution < 1.29 is 8.42 Å². The molecule has 0 aliphatic heterocycles. The standard InChI is InChI=1S/C11H14N4O2S2/c1-15(7-9-4-6-18-8-9)19(16,17)11-10(14-12)3-2-5-13-11/h2-6,8,14H,7,12H2,1H3. The third-order valence-corrected chi connectivity index (χ3v) is 5.06. The number of anilines is 1. The number of thiophene rings is 1. The smallest absolute Gasteiger partial charge is 0.262 e. The monoisotopic (exact) mass is 298 g/mol. The van der Waals surface area contributed by atoms with E-state index in [1.165, 1.54) is 28.9 Å². The van der Waals surface area contributed by atoms with E-state index < -0.39 is 10.0 Å². The molecule has 0 spiro atoms. The Morgan fingerprint density at radius 3 is 2.89 bits per heavy atom. The number of rotatable bonds is 5. The summed E-state index contributed by atoms with van der Waals surface area (Å²) in [6.07, 6.45) is 1.42. The minimum atomic E-state index is -3.67. The van der Waals surface area contributed by atoms with E-state index in [1.807, 2.05) is 16.8 Å². The molecule has 2 aromatic heterocycles. The molecule has 0 radical (unpaired) electrons. The lowest BCUT2D eigenvalue weighted by molar-refractivity contribution is 0.464. The first-order valence-corrected chi connectivity index (χ1v) is 7.83. The molecule has 0 unspecified atom stereocenters. The SMILES string of the molecule is CN(Cc1ccsc1)S(=O)(=O)c1ncccc1NN. The van der Waals surface area contributed by atoms with Crippen LogP contribution in [0, 0.1) is 0 Å². The van der Waals surface area contributed by atoms with Gasteiger partial charge in [0, 0.05) is 19.8 Å². The minimum Gasteiger partial charge on any atom is -0.321 e. The van der Waals surface area contributed by atoms with Crippen LogP contribution in [0.2, 0.25) is 0 Å². The Morgan fingerprint density at radius 2 is 2.26 bits per heavy atom. The maximum Gasteiger partial charge on any atom is 0.262 e. The van der Waals surface area contributed by atoms with E-state index in [1.54, 1.807) is 12.1 Å². The van der Waals surface area contributed by atoms with Crippen molar-refractivity contribution in [1.82, 2.24) is 9.29 Å². The van der Waals surface area contributed by atoms with Gasteiger partial charge in [-0.3, -0.25) is 5.84 Å². The molecular formula is C11H14N4O2S2. The van der Waals surface area contributed by atoms with Crippen LogP contribution in [0.25, 0.3) is 0 Å². The molecule has 0 aliphatic carbocycles. The van der Waals surface area contributed by atoms with Crippen molar-refractivity contribution in [2.75, 3.05) is 12.5 Å². The molecule has 0 bridgehead atoms. The topological polar surface area (TPSA) is 88.3 Å². The van der Waals surface area contributed by atoms with E-state index in [0.29, 0.717) is 6.54 Å². The predicted octanol–water partition coefficient (Wildman–Crippen LogP) is 1.25. The molecule has 0 amide bonds. The molecule has 2 aromatic rings. The van der Waals surface area contributed by atoms with Gasteiger partial charge >= 0.3 is 0 Å². The van der Waals surface area contributed by atoms with E-state index in [9.17, 15) is 8.42 Å². The summed E-state index contributed by atoms with van der Waals surface area (Å²) in [5.41, 5.74) is 3.57. The molecule has 8 heteroatoms. The van der Waals surface area contributed by atoms with Crippen molar-refractivity contribution in [2.24, 2.45) is 5.84 Å². The van der Waals surface area contributed by atoms with Crippen LogP contribution in [0.4, 0.5) is 5.69 Å². The van der Waals surface area contributed by atoms with E-state index in [2.05, 4.69) is 10.4 Å². The summed E-state index contributed by atoms with van der Waals surface area (Å²) in [5.74, 6) is 5.31. The lowest BCUT2D eigenvalue weighted by Crippen LogP contribution is -2.28. The summed E-state index contributed by atoms with van der Waals surface area (Å²) in [7, 11) is -2.16. The summed E-state index contributed by atoms with van der Waals surface area (Å²) >= 11 is 1.53. The van der Waals surface area contributed by atoms with E-state index in [-0.39, 0.29) is 10.7 Å². The number of hydrogen-bond acceptors (Lipinski definition) is 6. The number of hydrazine groups is 1. The Labute approximate surface area is 115 Å². The summed E-state index contributed by atoms with van der Waals surface area (Å²) < 4.78 is 26.1. The third-order valence-electron chi connectivity index (χ3n) is 2.57. The van der Waals surface area contributed by atoms with Gasteiger partial charge in [-0.25, -0.2) is 13.4 Å². The van der Waals surface area contributed by atoms with Gasteiger partial charge in [-0.2, -0.15) is 15.6 Å². The zero-order valence-corrected chi connectivity index (χ0v) is 11.9. The lowest BCUT2D eigenvalue weighted by atomic mass is 10.3. The zero-order valence-electron chi connectivity index (χ0n) is 10.3. The maximum absolute atomic E-state index is 12.4. The average molecular weight is 298 g/mol. The minimum absolute atomic E-state index is 0.0739. The van der Waals surface area contributed by atoms with Crippen LogP contribution in [0.3, 0.4) is 0 Å². The quantitative estimate of drug-likeness (QED) is 0.640. The van der Waals surface area contributed by atoms with Gasteiger partial charge < -0.3 is 5.43 Å². The summed E-state index contributed by atoms with van der Waals surface area (Å²) in [6, 6.07) is 5.07. The highest BCUT2D eigenvalue weighted by molar-refractivity contribution is 7.89. The van der Waals surface area contributed by atoms with Gasteiger partial charge in [0.25, 0.3) is 10.0 Å². The van der Waals surface area contributed by atoms with Gasteiger partial charge in [0.15, 0.2) is 5.03 Å². The van der Waals surface area contributed by atoms with E-state index in [4.69, 9.17) is 5.84 Å². The molecule has 6 nitrogen and oxygen atoms in total. The van der Waals surface area contributed by atoms with Gasteiger partial charge in [-0.05, 0) is 34.5 Å². The van der Waals surface area contributed by atoms with Crippen LogP contribution in [0.5, 0.6) is 0 Å². The third kappa shape index (κ3) is 2.92. The highest BCUT2D eigenvalue weighted by atomic mass is 32.2. The number of pyridine rings is 1. The average Bonchev–Trinajstić information content (AvgIpc) is 2.91. The van der Waals surface area contributed by atoms with Crippen LogP contribution in [-0.4, -0.2) is 24.8 Å². The molecule has 19 heavy (non-hydrogen) atoms. The second-order valence-electron chi connectivity index (χ2n) is 3.89. The Hall–Kier alpha value is -1.48. The fourth-order valence-electron chi connectivity index (χ4n) is 1.58. The van der Waals surface area contributed by atoms with Crippen LogP contribution < -0.4 is 11.3 Å². The first kappa shape index (κ1) is 13.9. The number of nitrogens with one attached hydrogen (secondary N) is 1. The number of nitrogen functional groups attached to an aromatic ring is 1. The first-order valence-electron chi connectivity index (χ1n) is 5.44. The molecular weight excluding hydrogens is 284 g/mol. The summed E-state index contributed by atoms with van der Waals surface area (Å²) in [5, 5.41) is 3.74. The van der Waals surface area contributed by atoms with Crippen LogP contribution >= 0.6 is 11.3 Å². The van der Waals surface area contributed by atoms with Gasteiger partial charge in [-0.15, -0.1) is 0 Å². The molecule has 2 heterocycles. The Morgan fingerprint density at radius 1 is 1.47 bits per heavy atom. The zero-order chi connectivity index (χ0) is 13.9. The van der Waals surface area contributed by atoms with E-state index >= 15 is 0 Å². The number of sulfonamides is 1. The fraction of sp³-hybridized carbons (Fsp3) is 0.182. The molecule has 0 saturated carbocycles.